The zero-order valence-electron chi connectivity index (χ0n) is 10.2. The van der Waals surface area contributed by atoms with Crippen molar-refractivity contribution in [1.82, 2.24) is 0 Å². The second-order valence-electron chi connectivity index (χ2n) is 4.52. The Balaban J connectivity index is 2.39. The maximum absolute atomic E-state index is 12.0. The Hall–Kier alpha value is -1.89. The van der Waals surface area contributed by atoms with Crippen molar-refractivity contribution in [1.29, 1.82) is 0 Å². The van der Waals surface area contributed by atoms with Crippen LogP contribution < -0.4 is 4.90 Å². The largest absolute Gasteiger partial charge is 0.480 e. The van der Waals surface area contributed by atoms with Crippen molar-refractivity contribution in [2.24, 2.45) is 0 Å². The molecular formula is C12H13NO5S. The van der Waals surface area contributed by atoms with E-state index >= 15 is 0 Å². The molecule has 0 aliphatic carbocycles. The number of fused-ring (bicyclic) bond motifs is 1. The van der Waals surface area contributed by atoms with Gasteiger partial charge < -0.3 is 5.11 Å². The number of hydrogen-bond acceptors (Lipinski definition) is 4. The summed E-state index contributed by atoms with van der Waals surface area (Å²) >= 11 is 0. The normalized spacial score (nSPS) is 18.2. The number of hydrogen-bond donors (Lipinski definition) is 1. The lowest BCUT2D eigenvalue weighted by atomic mass is 10.1. The van der Waals surface area contributed by atoms with E-state index in [9.17, 15) is 18.0 Å². The van der Waals surface area contributed by atoms with Gasteiger partial charge in [0.1, 0.15) is 11.8 Å². The van der Waals surface area contributed by atoms with Crippen molar-refractivity contribution in [3.63, 3.8) is 0 Å². The molecule has 6 nitrogen and oxygen atoms in total. The Morgan fingerprint density at radius 3 is 2.58 bits per heavy atom. The van der Waals surface area contributed by atoms with Crippen molar-refractivity contribution in [3.8, 4) is 0 Å². The molecule has 1 heterocycles. The number of amides is 1. The van der Waals surface area contributed by atoms with E-state index in [-0.39, 0.29) is 6.42 Å². The van der Waals surface area contributed by atoms with Gasteiger partial charge in [0.15, 0.2) is 9.84 Å². The molecule has 0 saturated heterocycles. The Morgan fingerprint density at radius 2 is 2.00 bits per heavy atom. The van der Waals surface area contributed by atoms with Gasteiger partial charge in [-0.2, -0.15) is 0 Å². The first-order valence-corrected chi connectivity index (χ1v) is 7.66. The van der Waals surface area contributed by atoms with Crippen LogP contribution in [0.3, 0.4) is 0 Å². The molecule has 0 saturated carbocycles. The van der Waals surface area contributed by atoms with Gasteiger partial charge in [-0.25, -0.2) is 13.2 Å². The molecule has 2 rings (SSSR count). The van der Waals surface area contributed by atoms with Crippen LogP contribution >= 0.6 is 0 Å². The van der Waals surface area contributed by atoms with Crippen molar-refractivity contribution in [2.45, 2.75) is 12.5 Å². The van der Waals surface area contributed by atoms with E-state index in [0.29, 0.717) is 5.69 Å². The summed E-state index contributed by atoms with van der Waals surface area (Å²) in [6.45, 7) is 0. The van der Waals surface area contributed by atoms with Gasteiger partial charge in [-0.1, -0.05) is 18.2 Å². The summed E-state index contributed by atoms with van der Waals surface area (Å²) < 4.78 is 22.4. The smallest absolute Gasteiger partial charge is 0.327 e. The lowest BCUT2D eigenvalue weighted by molar-refractivity contribution is -0.139. The number of carbonyl (C=O) groups is 2. The number of rotatable bonds is 3. The molecule has 1 atom stereocenters. The van der Waals surface area contributed by atoms with E-state index in [1.807, 2.05) is 0 Å². The SMILES string of the molecule is CS(=O)(=O)CC(=O)N1c2ccccc2C[C@H]1C(=O)O. The first-order chi connectivity index (χ1) is 8.79. The summed E-state index contributed by atoms with van der Waals surface area (Å²) in [6, 6.07) is 5.76. The number of sulfone groups is 1. The number of nitrogens with zero attached hydrogens (tertiary/aromatic N) is 1. The lowest BCUT2D eigenvalue weighted by Crippen LogP contribution is -2.45. The van der Waals surface area contributed by atoms with E-state index in [0.717, 1.165) is 16.7 Å². The number of carboxylic acid groups (broad SMARTS) is 1. The molecule has 0 radical (unpaired) electrons. The highest BCUT2D eigenvalue weighted by molar-refractivity contribution is 7.91. The molecule has 0 unspecified atom stereocenters. The zero-order chi connectivity index (χ0) is 14.2. The van der Waals surface area contributed by atoms with Crippen molar-refractivity contribution < 1.29 is 23.1 Å². The van der Waals surface area contributed by atoms with Gasteiger partial charge in [-0.3, -0.25) is 9.69 Å². The van der Waals surface area contributed by atoms with Crippen molar-refractivity contribution in [3.05, 3.63) is 29.8 Å². The van der Waals surface area contributed by atoms with Crippen molar-refractivity contribution in [2.75, 3.05) is 16.9 Å². The Labute approximate surface area is 110 Å². The molecular weight excluding hydrogens is 270 g/mol. The van der Waals surface area contributed by atoms with Gasteiger partial charge in [0.05, 0.1) is 0 Å². The number of carboxylic acids is 1. The molecule has 0 spiro atoms. The number of para-hydroxylation sites is 1. The molecule has 102 valence electrons. The minimum Gasteiger partial charge on any atom is -0.480 e. The van der Waals surface area contributed by atoms with Gasteiger partial charge in [-0.15, -0.1) is 0 Å². The van der Waals surface area contributed by atoms with Gasteiger partial charge in [0.25, 0.3) is 0 Å². The Kier molecular flexibility index (Phi) is 3.32. The molecule has 7 heteroatoms. The second kappa shape index (κ2) is 4.65. The average Bonchev–Trinajstić information content (AvgIpc) is 2.65. The predicted octanol–water partition coefficient (Wildman–Crippen LogP) is 0.0735. The van der Waals surface area contributed by atoms with E-state index < -0.39 is 33.5 Å². The van der Waals surface area contributed by atoms with Crippen molar-refractivity contribution >= 4 is 27.4 Å². The quantitative estimate of drug-likeness (QED) is 0.847. The van der Waals surface area contributed by atoms with Gasteiger partial charge >= 0.3 is 5.97 Å². The Morgan fingerprint density at radius 1 is 1.37 bits per heavy atom. The minimum atomic E-state index is -3.50. The van der Waals surface area contributed by atoms with Crippen LogP contribution in [-0.2, 0) is 25.8 Å². The first-order valence-electron chi connectivity index (χ1n) is 5.60. The third-order valence-electron chi connectivity index (χ3n) is 2.92. The maximum Gasteiger partial charge on any atom is 0.327 e. The van der Waals surface area contributed by atoms with E-state index in [1.165, 1.54) is 0 Å². The fraction of sp³-hybridized carbons (Fsp3) is 0.333. The lowest BCUT2D eigenvalue weighted by Gasteiger charge is -2.22. The summed E-state index contributed by atoms with van der Waals surface area (Å²) in [5, 5.41) is 9.16. The molecule has 1 N–H and O–H groups in total. The van der Waals surface area contributed by atoms with E-state index in [2.05, 4.69) is 0 Å². The van der Waals surface area contributed by atoms with E-state index in [1.54, 1.807) is 24.3 Å². The maximum atomic E-state index is 12.0. The standard InChI is InChI=1S/C12H13NO5S/c1-19(17,18)7-11(14)13-9-5-3-2-4-8(9)6-10(13)12(15)16/h2-5,10H,6-7H2,1H3,(H,15,16)/t10-/m0/s1. The second-order valence-corrected chi connectivity index (χ2v) is 6.66. The molecule has 19 heavy (non-hydrogen) atoms. The first kappa shape index (κ1) is 13.5. The minimum absolute atomic E-state index is 0.195. The van der Waals surface area contributed by atoms with Crippen LogP contribution in [0.5, 0.6) is 0 Å². The third kappa shape index (κ3) is 2.76. The van der Waals surface area contributed by atoms with Crippen LogP contribution in [0.4, 0.5) is 5.69 Å². The summed E-state index contributed by atoms with van der Waals surface area (Å²) in [6.07, 6.45) is 1.14. The summed E-state index contributed by atoms with van der Waals surface area (Å²) in [7, 11) is -3.50. The highest BCUT2D eigenvalue weighted by Gasteiger charge is 2.38. The Bertz CT molecular complexity index is 637. The number of carbonyl (C=O) groups excluding carboxylic acids is 1. The van der Waals surface area contributed by atoms with Gasteiger partial charge in [0.2, 0.25) is 5.91 Å². The molecule has 1 amide bonds. The molecule has 0 aromatic heterocycles. The fourth-order valence-electron chi connectivity index (χ4n) is 2.19. The number of anilines is 1. The summed E-state index contributed by atoms with van der Waals surface area (Å²) in [4.78, 5) is 24.3. The molecule has 1 aliphatic rings. The summed E-state index contributed by atoms with van der Waals surface area (Å²) in [5.74, 6) is -2.54. The van der Waals surface area contributed by atoms with Gasteiger partial charge in [-0.05, 0) is 11.6 Å². The molecule has 0 fully saturated rings. The molecule has 1 aliphatic heterocycles. The van der Waals surface area contributed by atoms with Gasteiger partial charge in [0, 0.05) is 18.4 Å². The molecule has 1 aromatic rings. The fourth-order valence-corrected chi connectivity index (χ4v) is 2.77. The van der Waals surface area contributed by atoms with Crippen LogP contribution in [0.15, 0.2) is 24.3 Å². The van der Waals surface area contributed by atoms with E-state index in [4.69, 9.17) is 5.11 Å². The van der Waals surface area contributed by atoms with Crippen LogP contribution in [0.2, 0.25) is 0 Å². The summed E-state index contributed by atoms with van der Waals surface area (Å²) in [5.41, 5.74) is 1.21. The van der Waals surface area contributed by atoms with Crippen LogP contribution in [-0.4, -0.2) is 43.5 Å². The number of aliphatic carboxylic acids is 1. The van der Waals surface area contributed by atoms with Crippen LogP contribution in [0.25, 0.3) is 0 Å². The highest BCUT2D eigenvalue weighted by atomic mass is 32.2. The third-order valence-corrected chi connectivity index (χ3v) is 3.69. The molecule has 0 bridgehead atoms. The van der Waals surface area contributed by atoms with Crippen LogP contribution in [0.1, 0.15) is 5.56 Å². The average molecular weight is 283 g/mol. The highest BCUT2D eigenvalue weighted by Crippen LogP contribution is 2.32. The van der Waals surface area contributed by atoms with Crippen LogP contribution in [0, 0.1) is 0 Å². The monoisotopic (exact) mass is 283 g/mol. The molecule has 1 aromatic carbocycles. The number of benzene rings is 1. The topological polar surface area (TPSA) is 91.8 Å². The zero-order valence-corrected chi connectivity index (χ0v) is 11.1. The predicted molar refractivity (Wildman–Crippen MR) is 68.8 cm³/mol.